The van der Waals surface area contributed by atoms with Crippen LogP contribution in [0.1, 0.15) is 18.4 Å². The number of rotatable bonds is 10. The summed E-state index contributed by atoms with van der Waals surface area (Å²) >= 11 is 0. The number of para-hydroxylation sites is 1. The fourth-order valence-corrected chi connectivity index (χ4v) is 1.76. The number of methoxy groups -OCH3 is 1. The van der Waals surface area contributed by atoms with Crippen LogP contribution in [0.25, 0.3) is 0 Å². The Kier molecular flexibility index (Phi) is 8.67. The number of hydrogen-bond acceptors (Lipinski definition) is 4. The summed E-state index contributed by atoms with van der Waals surface area (Å²) in [4.78, 5) is 23.0. The normalized spacial score (nSPS) is 10.1. The summed E-state index contributed by atoms with van der Waals surface area (Å²) in [5.74, 6) is 0.456. The van der Waals surface area contributed by atoms with Gasteiger partial charge in [-0.15, -0.1) is 0 Å². The van der Waals surface area contributed by atoms with Crippen molar-refractivity contribution >= 4 is 11.8 Å². The van der Waals surface area contributed by atoms with E-state index in [-0.39, 0.29) is 18.4 Å². The predicted molar refractivity (Wildman–Crippen MR) is 83.8 cm³/mol. The van der Waals surface area contributed by atoms with E-state index in [9.17, 15) is 9.59 Å². The summed E-state index contributed by atoms with van der Waals surface area (Å²) in [6.45, 7) is 3.33. The summed E-state index contributed by atoms with van der Waals surface area (Å²) in [5.41, 5.74) is 1.07. The minimum absolute atomic E-state index is 0.0127. The van der Waals surface area contributed by atoms with E-state index in [0.29, 0.717) is 32.6 Å². The van der Waals surface area contributed by atoms with Gasteiger partial charge < -0.3 is 20.1 Å². The van der Waals surface area contributed by atoms with Crippen molar-refractivity contribution in [2.45, 2.75) is 19.8 Å². The number of amides is 2. The lowest BCUT2D eigenvalue weighted by molar-refractivity contribution is -0.126. The van der Waals surface area contributed by atoms with Gasteiger partial charge in [0.2, 0.25) is 11.8 Å². The smallest absolute Gasteiger partial charge is 0.239 e. The maximum Gasteiger partial charge on any atom is 0.239 e. The number of aryl methyl sites for hydroxylation is 1. The minimum Gasteiger partial charge on any atom is -0.493 e. The SMILES string of the molecule is COCCNC(=O)CNC(=O)CCCOc1ccccc1C. The van der Waals surface area contributed by atoms with E-state index < -0.39 is 0 Å². The number of ether oxygens (including phenoxy) is 2. The number of benzene rings is 1. The first-order valence-electron chi connectivity index (χ1n) is 7.34. The van der Waals surface area contributed by atoms with Gasteiger partial charge >= 0.3 is 0 Å². The Morgan fingerprint density at radius 1 is 1.09 bits per heavy atom. The van der Waals surface area contributed by atoms with E-state index in [1.807, 2.05) is 31.2 Å². The van der Waals surface area contributed by atoms with E-state index >= 15 is 0 Å². The monoisotopic (exact) mass is 308 g/mol. The van der Waals surface area contributed by atoms with Crippen LogP contribution in [-0.2, 0) is 14.3 Å². The van der Waals surface area contributed by atoms with Crippen LogP contribution < -0.4 is 15.4 Å². The molecule has 0 fully saturated rings. The first-order chi connectivity index (χ1) is 10.6. The highest BCUT2D eigenvalue weighted by Gasteiger charge is 2.05. The van der Waals surface area contributed by atoms with Gasteiger partial charge in [0, 0.05) is 20.1 Å². The van der Waals surface area contributed by atoms with Crippen molar-refractivity contribution in [2.24, 2.45) is 0 Å². The van der Waals surface area contributed by atoms with Crippen LogP contribution in [0, 0.1) is 6.92 Å². The van der Waals surface area contributed by atoms with Crippen molar-refractivity contribution in [3.63, 3.8) is 0 Å². The third-order valence-corrected chi connectivity index (χ3v) is 2.97. The van der Waals surface area contributed by atoms with Crippen molar-refractivity contribution in [1.82, 2.24) is 10.6 Å². The Morgan fingerprint density at radius 2 is 1.86 bits per heavy atom. The molecule has 0 aliphatic heterocycles. The largest absolute Gasteiger partial charge is 0.493 e. The quantitative estimate of drug-likeness (QED) is 0.633. The van der Waals surface area contributed by atoms with Crippen molar-refractivity contribution in [3.8, 4) is 5.75 Å². The predicted octanol–water partition coefficient (Wildman–Crippen LogP) is 1.03. The Morgan fingerprint density at radius 3 is 2.59 bits per heavy atom. The second-order valence-electron chi connectivity index (χ2n) is 4.84. The van der Waals surface area contributed by atoms with Crippen molar-refractivity contribution in [3.05, 3.63) is 29.8 Å². The highest BCUT2D eigenvalue weighted by Crippen LogP contribution is 2.16. The highest BCUT2D eigenvalue weighted by molar-refractivity contribution is 5.84. The molecule has 2 amide bonds. The van der Waals surface area contributed by atoms with Gasteiger partial charge in [0.25, 0.3) is 0 Å². The Bertz CT molecular complexity index is 477. The Labute approximate surface area is 131 Å². The molecule has 0 saturated carbocycles. The zero-order valence-electron chi connectivity index (χ0n) is 13.2. The van der Waals surface area contributed by atoms with Gasteiger partial charge in [0.15, 0.2) is 0 Å². The number of hydrogen-bond donors (Lipinski definition) is 2. The minimum atomic E-state index is -0.221. The van der Waals surface area contributed by atoms with Crippen molar-refractivity contribution < 1.29 is 19.1 Å². The van der Waals surface area contributed by atoms with Gasteiger partial charge in [0.05, 0.1) is 19.8 Å². The Balaban J connectivity index is 2.08. The van der Waals surface area contributed by atoms with Crippen molar-refractivity contribution in [1.29, 1.82) is 0 Å². The van der Waals surface area contributed by atoms with Gasteiger partial charge in [-0.2, -0.15) is 0 Å². The molecule has 0 atom stereocenters. The summed E-state index contributed by atoms with van der Waals surface area (Å²) in [6.07, 6.45) is 0.933. The van der Waals surface area contributed by atoms with Gasteiger partial charge in [-0.25, -0.2) is 0 Å². The van der Waals surface area contributed by atoms with Crippen LogP contribution in [0.4, 0.5) is 0 Å². The zero-order chi connectivity index (χ0) is 16.2. The standard InChI is InChI=1S/C16H24N2O4/c1-13-6-3-4-7-14(13)22-10-5-8-15(19)18-12-16(20)17-9-11-21-2/h3-4,6-7H,5,8-12H2,1-2H3,(H,17,20)(H,18,19). The molecule has 22 heavy (non-hydrogen) atoms. The molecule has 0 aromatic heterocycles. The van der Waals surface area contributed by atoms with Gasteiger partial charge in [-0.3, -0.25) is 9.59 Å². The van der Waals surface area contributed by atoms with Crippen LogP contribution in [0.5, 0.6) is 5.75 Å². The fraction of sp³-hybridized carbons (Fsp3) is 0.500. The molecule has 0 heterocycles. The molecular weight excluding hydrogens is 284 g/mol. The first kappa shape index (κ1) is 18.0. The summed E-state index contributed by atoms with van der Waals surface area (Å²) < 4.78 is 10.4. The maximum absolute atomic E-state index is 11.6. The van der Waals surface area contributed by atoms with E-state index in [1.54, 1.807) is 7.11 Å². The number of carbonyl (C=O) groups excluding carboxylic acids is 2. The Hall–Kier alpha value is -2.08. The van der Waals surface area contributed by atoms with E-state index in [1.165, 1.54) is 0 Å². The molecule has 1 rings (SSSR count). The molecule has 0 unspecified atom stereocenters. The second kappa shape index (κ2) is 10.6. The average molecular weight is 308 g/mol. The zero-order valence-corrected chi connectivity index (χ0v) is 13.2. The summed E-state index contributed by atoms with van der Waals surface area (Å²) in [7, 11) is 1.56. The number of nitrogens with one attached hydrogen (secondary N) is 2. The van der Waals surface area contributed by atoms with E-state index in [4.69, 9.17) is 9.47 Å². The van der Waals surface area contributed by atoms with Gasteiger partial charge in [-0.05, 0) is 25.0 Å². The van der Waals surface area contributed by atoms with Crippen molar-refractivity contribution in [2.75, 3.05) is 33.4 Å². The van der Waals surface area contributed by atoms with Crippen LogP contribution in [-0.4, -0.2) is 45.2 Å². The molecule has 1 aromatic rings. The molecule has 6 heteroatoms. The molecule has 1 aromatic carbocycles. The van der Waals surface area contributed by atoms with E-state index in [2.05, 4.69) is 10.6 Å². The second-order valence-corrected chi connectivity index (χ2v) is 4.84. The molecule has 0 spiro atoms. The van der Waals surface area contributed by atoms with Crippen LogP contribution in [0.3, 0.4) is 0 Å². The first-order valence-corrected chi connectivity index (χ1v) is 7.34. The summed E-state index contributed by atoms with van der Waals surface area (Å²) in [5, 5.41) is 5.20. The molecular formula is C16H24N2O4. The lowest BCUT2D eigenvalue weighted by Gasteiger charge is -2.09. The molecule has 0 aliphatic rings. The molecule has 0 bridgehead atoms. The molecule has 6 nitrogen and oxygen atoms in total. The number of carbonyl (C=O) groups is 2. The van der Waals surface area contributed by atoms with Crippen LogP contribution >= 0.6 is 0 Å². The lowest BCUT2D eigenvalue weighted by Crippen LogP contribution is -2.38. The molecule has 0 saturated heterocycles. The fourth-order valence-electron chi connectivity index (χ4n) is 1.76. The van der Waals surface area contributed by atoms with Crippen LogP contribution in [0.2, 0.25) is 0 Å². The van der Waals surface area contributed by atoms with Gasteiger partial charge in [0.1, 0.15) is 5.75 Å². The molecule has 2 N–H and O–H groups in total. The molecule has 122 valence electrons. The van der Waals surface area contributed by atoms with E-state index in [0.717, 1.165) is 11.3 Å². The maximum atomic E-state index is 11.6. The third kappa shape index (κ3) is 7.64. The third-order valence-electron chi connectivity index (χ3n) is 2.97. The molecule has 0 aliphatic carbocycles. The average Bonchev–Trinajstić information content (AvgIpc) is 2.51. The summed E-state index contributed by atoms with van der Waals surface area (Å²) in [6, 6.07) is 7.74. The van der Waals surface area contributed by atoms with Crippen LogP contribution in [0.15, 0.2) is 24.3 Å². The lowest BCUT2D eigenvalue weighted by atomic mass is 10.2. The van der Waals surface area contributed by atoms with Gasteiger partial charge in [-0.1, -0.05) is 18.2 Å². The highest BCUT2D eigenvalue weighted by atomic mass is 16.5. The topological polar surface area (TPSA) is 76.7 Å². The molecule has 0 radical (unpaired) electrons.